The fourth-order valence-corrected chi connectivity index (χ4v) is 2.00. The maximum absolute atomic E-state index is 7.75. The van der Waals surface area contributed by atoms with E-state index in [2.05, 4.69) is 56.0 Å². The first-order valence-electron chi connectivity index (χ1n) is 5.00. The maximum atomic E-state index is 7.75. The molecule has 0 fully saturated rings. The van der Waals surface area contributed by atoms with Gasteiger partial charge in [-0.3, -0.25) is 13.6 Å². The van der Waals surface area contributed by atoms with E-state index in [4.69, 9.17) is 9.59 Å². The molecule has 3 heteroatoms. The van der Waals surface area contributed by atoms with Gasteiger partial charge in [-0.15, -0.1) is 5.56 Å². The van der Waals surface area contributed by atoms with Gasteiger partial charge in [0.25, 0.3) is 0 Å². The summed E-state index contributed by atoms with van der Waals surface area (Å²) in [6, 6.07) is 18.1. The summed E-state index contributed by atoms with van der Waals surface area (Å²) in [6.07, 6.45) is 1.05. The van der Waals surface area contributed by atoms with E-state index in [9.17, 15) is 0 Å². The second kappa shape index (κ2) is 8.57. The van der Waals surface area contributed by atoms with Crippen molar-refractivity contribution in [2.75, 3.05) is 0 Å². The van der Waals surface area contributed by atoms with Crippen LogP contribution < -0.4 is 0 Å². The van der Waals surface area contributed by atoms with E-state index >= 15 is 0 Å². The molecule has 87 valence electrons. The van der Waals surface area contributed by atoms with Crippen LogP contribution in [-0.2, 0) is 37.7 Å². The Bertz CT molecular complexity index is 452. The summed E-state index contributed by atoms with van der Waals surface area (Å²) < 4.78 is 0. The van der Waals surface area contributed by atoms with Gasteiger partial charge in [0.15, 0.2) is 0 Å². The first-order chi connectivity index (χ1) is 8.45. The zero-order valence-electron chi connectivity index (χ0n) is 9.72. The maximum Gasteiger partial charge on any atom is 3.00 e. The molecule has 2 nitrogen and oxygen atoms in total. The minimum absolute atomic E-state index is 0. The standard InChI is InChI=1S/C13H9.2CHO.Ti/c1-3-7-12-10(5-1)9-11-6-2-4-8-13(11)12;2*1-2;/h1-5,7-8H,9H2;2*1H;/q3*-1;+3. The molecule has 2 aromatic rings. The predicted octanol–water partition coefficient (Wildman–Crippen LogP) is 2.51. The van der Waals surface area contributed by atoms with E-state index in [0.717, 1.165) is 6.42 Å². The van der Waals surface area contributed by atoms with Crippen molar-refractivity contribution in [1.29, 1.82) is 0 Å². The van der Waals surface area contributed by atoms with Crippen LogP contribution >= 0.6 is 0 Å². The summed E-state index contributed by atoms with van der Waals surface area (Å²) in [4.78, 5) is 15.5. The minimum atomic E-state index is 0. The van der Waals surface area contributed by atoms with Gasteiger partial charge in [-0.1, -0.05) is 35.4 Å². The molecule has 0 bridgehead atoms. The second-order valence-electron chi connectivity index (χ2n) is 3.40. The fourth-order valence-electron chi connectivity index (χ4n) is 2.00. The van der Waals surface area contributed by atoms with Crippen LogP contribution in [0.3, 0.4) is 0 Å². The van der Waals surface area contributed by atoms with Crippen molar-refractivity contribution in [2.45, 2.75) is 6.42 Å². The Morgan fingerprint density at radius 1 is 0.889 bits per heavy atom. The van der Waals surface area contributed by atoms with Crippen molar-refractivity contribution >= 4 is 13.6 Å². The molecule has 0 saturated carbocycles. The third-order valence-corrected chi connectivity index (χ3v) is 2.62. The van der Waals surface area contributed by atoms with Crippen molar-refractivity contribution < 1.29 is 31.3 Å². The van der Waals surface area contributed by atoms with Crippen molar-refractivity contribution in [3.05, 3.63) is 59.7 Å². The molecule has 0 N–H and O–H groups in total. The number of carbonyl (C=O) groups excluding carboxylic acids is 2. The number of hydrogen-bond acceptors (Lipinski definition) is 2. The Morgan fingerprint density at radius 2 is 1.50 bits per heavy atom. The average molecular weight is 271 g/mol. The second-order valence-corrected chi connectivity index (χ2v) is 3.40. The van der Waals surface area contributed by atoms with E-state index in [0.29, 0.717) is 0 Å². The Hall–Kier alpha value is -1.51. The fraction of sp³-hybridized carbons (Fsp3) is 0.0667. The third kappa shape index (κ3) is 3.25. The molecule has 3 rings (SSSR count). The monoisotopic (exact) mass is 271 g/mol. The van der Waals surface area contributed by atoms with Crippen LogP contribution in [0.25, 0.3) is 11.1 Å². The van der Waals surface area contributed by atoms with Gasteiger partial charge in [0, 0.05) is 0 Å². The quantitative estimate of drug-likeness (QED) is 0.357. The van der Waals surface area contributed by atoms with Gasteiger partial charge in [0.2, 0.25) is 0 Å². The van der Waals surface area contributed by atoms with Gasteiger partial charge in [-0.25, -0.2) is 0 Å². The largest absolute Gasteiger partial charge is 3.00 e. The molecule has 0 aliphatic heterocycles. The van der Waals surface area contributed by atoms with Gasteiger partial charge in [-0.05, 0) is 6.42 Å². The van der Waals surface area contributed by atoms with Crippen molar-refractivity contribution in [3.8, 4) is 11.1 Å². The molecule has 0 amide bonds. The van der Waals surface area contributed by atoms with Gasteiger partial charge >= 0.3 is 21.7 Å². The molecule has 1 aliphatic carbocycles. The smallest absolute Gasteiger partial charge is 0.545 e. The van der Waals surface area contributed by atoms with Crippen LogP contribution in [0.4, 0.5) is 0 Å². The zero-order chi connectivity index (χ0) is 12.7. The van der Waals surface area contributed by atoms with E-state index < -0.39 is 0 Å². The van der Waals surface area contributed by atoms with Gasteiger partial charge < -0.3 is 9.59 Å². The molecule has 1 aliphatic rings. The number of benzene rings is 2. The minimum Gasteiger partial charge on any atom is -0.545 e. The van der Waals surface area contributed by atoms with Crippen LogP contribution in [0.2, 0.25) is 0 Å². The topological polar surface area (TPSA) is 34.1 Å². The molecule has 0 saturated heterocycles. The predicted molar refractivity (Wildman–Crippen MR) is 67.0 cm³/mol. The normalized spacial score (nSPS) is 9.33. The van der Waals surface area contributed by atoms with Crippen LogP contribution in [-0.4, -0.2) is 13.6 Å². The molecule has 18 heavy (non-hydrogen) atoms. The Balaban J connectivity index is 0.000000531. The Morgan fingerprint density at radius 3 is 2.22 bits per heavy atom. The molecule has 0 unspecified atom stereocenters. The summed E-state index contributed by atoms with van der Waals surface area (Å²) >= 11 is 0. The molecular formula is C15H11O2Ti. The van der Waals surface area contributed by atoms with Gasteiger partial charge in [0.1, 0.15) is 0 Å². The molecule has 2 aromatic carbocycles. The molecule has 0 heterocycles. The number of hydrogen-bond donors (Lipinski definition) is 0. The first-order valence-corrected chi connectivity index (χ1v) is 5.00. The van der Waals surface area contributed by atoms with Crippen LogP contribution in [0.15, 0.2) is 42.5 Å². The summed E-state index contributed by atoms with van der Waals surface area (Å²) in [5.41, 5.74) is 5.51. The Kier molecular flexibility index (Phi) is 7.85. The van der Waals surface area contributed by atoms with Gasteiger partial charge in [0.05, 0.1) is 0 Å². The van der Waals surface area contributed by atoms with E-state index in [1.807, 2.05) is 6.07 Å². The average Bonchev–Trinajstić information content (AvgIpc) is 2.82. The SMILES string of the molecule is [CH-]=O.[CH-]=O.[Ti+3].[c-]1cccc2c1Cc1ccccc1-2. The van der Waals surface area contributed by atoms with Gasteiger partial charge in [-0.2, -0.15) is 29.8 Å². The number of fused-ring (bicyclic) bond motifs is 3. The molecule has 1 radical (unpaired) electrons. The van der Waals surface area contributed by atoms with Crippen molar-refractivity contribution in [3.63, 3.8) is 0 Å². The zero-order valence-corrected chi connectivity index (χ0v) is 11.3. The van der Waals surface area contributed by atoms with Crippen molar-refractivity contribution in [2.24, 2.45) is 0 Å². The first kappa shape index (κ1) is 16.5. The number of rotatable bonds is 0. The molecule has 0 spiro atoms. The van der Waals surface area contributed by atoms with E-state index in [-0.39, 0.29) is 21.7 Å². The molecular weight excluding hydrogens is 260 g/mol. The van der Waals surface area contributed by atoms with Crippen LogP contribution in [0.1, 0.15) is 11.1 Å². The summed E-state index contributed by atoms with van der Waals surface area (Å²) in [5.74, 6) is 0. The molecule has 0 atom stereocenters. The summed E-state index contributed by atoms with van der Waals surface area (Å²) in [7, 11) is 0. The Labute approximate surface area is 122 Å². The van der Waals surface area contributed by atoms with E-state index in [1.54, 1.807) is 0 Å². The van der Waals surface area contributed by atoms with Crippen LogP contribution in [0, 0.1) is 6.07 Å². The summed E-state index contributed by atoms with van der Waals surface area (Å²) in [5, 5.41) is 0. The van der Waals surface area contributed by atoms with E-state index in [1.165, 1.54) is 22.3 Å². The third-order valence-electron chi connectivity index (χ3n) is 2.62. The van der Waals surface area contributed by atoms with Crippen molar-refractivity contribution in [1.82, 2.24) is 0 Å². The van der Waals surface area contributed by atoms with Crippen LogP contribution in [0.5, 0.6) is 0 Å². The summed E-state index contributed by atoms with van der Waals surface area (Å²) in [6.45, 7) is 6.50. The molecule has 0 aromatic heterocycles.